The van der Waals surface area contributed by atoms with E-state index in [0.29, 0.717) is 25.3 Å². The Labute approximate surface area is 99.7 Å². The standard InChI is InChI=1S/C7H16N4O2.C2H4O2/c1-10-7(9)11-4-2-3-5(8)6(12)13;1-2(3)4/h5H,2-4,8H2,1H3,(H,12,13)(H3,9,10,11);1H3,(H,3,4). The van der Waals surface area contributed by atoms with Crippen LogP contribution in [0, 0.1) is 0 Å². The van der Waals surface area contributed by atoms with Crippen molar-refractivity contribution in [3.63, 3.8) is 0 Å². The maximum Gasteiger partial charge on any atom is 0.320 e. The monoisotopic (exact) mass is 248 g/mol. The van der Waals surface area contributed by atoms with Gasteiger partial charge in [0.15, 0.2) is 5.96 Å². The van der Waals surface area contributed by atoms with Crippen molar-refractivity contribution in [1.29, 1.82) is 0 Å². The summed E-state index contributed by atoms with van der Waals surface area (Å²) in [4.78, 5) is 23.0. The quantitative estimate of drug-likeness (QED) is 0.233. The number of nitrogens with one attached hydrogen (secondary N) is 1. The van der Waals surface area contributed by atoms with Gasteiger partial charge in [0.05, 0.1) is 0 Å². The van der Waals surface area contributed by atoms with Gasteiger partial charge in [-0.15, -0.1) is 0 Å². The smallest absolute Gasteiger partial charge is 0.320 e. The number of guanidine groups is 1. The first-order chi connectivity index (χ1) is 7.81. The molecule has 0 aromatic heterocycles. The summed E-state index contributed by atoms with van der Waals surface area (Å²) in [5.74, 6) is -1.46. The van der Waals surface area contributed by atoms with Gasteiger partial charge in [-0.05, 0) is 12.8 Å². The second kappa shape index (κ2) is 10.7. The van der Waals surface area contributed by atoms with E-state index in [1.807, 2.05) is 0 Å². The Bertz CT molecular complexity index is 264. The van der Waals surface area contributed by atoms with Crippen LogP contribution < -0.4 is 16.8 Å². The third-order valence-corrected chi connectivity index (χ3v) is 1.56. The highest BCUT2D eigenvalue weighted by atomic mass is 16.4. The number of hydrogen-bond donors (Lipinski definition) is 5. The van der Waals surface area contributed by atoms with Crippen molar-refractivity contribution in [3.05, 3.63) is 0 Å². The van der Waals surface area contributed by atoms with Gasteiger partial charge in [0, 0.05) is 20.5 Å². The zero-order valence-corrected chi connectivity index (χ0v) is 10.0. The van der Waals surface area contributed by atoms with Gasteiger partial charge in [0.1, 0.15) is 6.04 Å². The Hall–Kier alpha value is -1.83. The number of nitrogens with zero attached hydrogens (tertiary/aromatic N) is 1. The van der Waals surface area contributed by atoms with E-state index in [-0.39, 0.29) is 0 Å². The molecule has 0 aliphatic heterocycles. The van der Waals surface area contributed by atoms with Gasteiger partial charge < -0.3 is 27.0 Å². The fourth-order valence-electron chi connectivity index (χ4n) is 0.741. The van der Waals surface area contributed by atoms with Crippen molar-refractivity contribution < 1.29 is 19.8 Å². The molecule has 0 saturated carbocycles. The topological polar surface area (TPSA) is 151 Å². The van der Waals surface area contributed by atoms with Crippen LogP contribution in [0.15, 0.2) is 4.99 Å². The summed E-state index contributed by atoms with van der Waals surface area (Å²) in [7, 11) is 1.57. The first kappa shape index (κ1) is 17.6. The average Bonchev–Trinajstić information content (AvgIpc) is 2.22. The second-order valence-electron chi connectivity index (χ2n) is 3.14. The predicted molar refractivity (Wildman–Crippen MR) is 63.7 cm³/mol. The van der Waals surface area contributed by atoms with Gasteiger partial charge in [-0.2, -0.15) is 0 Å². The summed E-state index contributed by atoms with van der Waals surface area (Å²) >= 11 is 0. The van der Waals surface area contributed by atoms with Crippen LogP contribution in [0.3, 0.4) is 0 Å². The molecule has 0 heterocycles. The summed E-state index contributed by atoms with van der Waals surface area (Å²) in [6.45, 7) is 1.67. The SMILES string of the molecule is CC(=O)O.CN=C(N)NCCCC(N)C(=O)O. The van der Waals surface area contributed by atoms with E-state index < -0.39 is 18.0 Å². The first-order valence-corrected chi connectivity index (χ1v) is 4.95. The molecule has 17 heavy (non-hydrogen) atoms. The molecule has 0 spiro atoms. The third-order valence-electron chi connectivity index (χ3n) is 1.56. The third kappa shape index (κ3) is 16.8. The highest BCUT2D eigenvalue weighted by Crippen LogP contribution is 1.92. The van der Waals surface area contributed by atoms with Gasteiger partial charge in [0.25, 0.3) is 5.97 Å². The Kier molecular flexibility index (Phi) is 11.0. The van der Waals surface area contributed by atoms with Gasteiger partial charge in [-0.25, -0.2) is 0 Å². The molecule has 0 rings (SSSR count). The molecule has 1 unspecified atom stereocenters. The lowest BCUT2D eigenvalue weighted by Gasteiger charge is -2.07. The number of rotatable bonds is 5. The van der Waals surface area contributed by atoms with E-state index in [1.165, 1.54) is 0 Å². The molecular formula is C9H20N4O4. The van der Waals surface area contributed by atoms with Crippen LogP contribution in [0.4, 0.5) is 0 Å². The van der Waals surface area contributed by atoms with Crippen molar-refractivity contribution in [1.82, 2.24) is 5.32 Å². The number of carboxylic acids is 2. The summed E-state index contributed by atoms with van der Waals surface area (Å²) in [6.07, 6.45) is 1.09. The molecule has 0 fully saturated rings. The Morgan fingerprint density at radius 2 is 1.88 bits per heavy atom. The lowest BCUT2D eigenvalue weighted by molar-refractivity contribution is -0.138. The summed E-state index contributed by atoms with van der Waals surface area (Å²) < 4.78 is 0. The van der Waals surface area contributed by atoms with Crippen LogP contribution in [0.1, 0.15) is 19.8 Å². The van der Waals surface area contributed by atoms with E-state index >= 15 is 0 Å². The molecule has 0 aromatic rings. The van der Waals surface area contributed by atoms with Gasteiger partial charge >= 0.3 is 5.97 Å². The molecule has 8 nitrogen and oxygen atoms in total. The Morgan fingerprint density at radius 3 is 2.24 bits per heavy atom. The zero-order chi connectivity index (χ0) is 13.8. The molecule has 0 amide bonds. The first-order valence-electron chi connectivity index (χ1n) is 4.95. The van der Waals surface area contributed by atoms with Crippen molar-refractivity contribution in [2.75, 3.05) is 13.6 Å². The molecule has 0 aliphatic rings. The number of nitrogens with two attached hydrogens (primary N) is 2. The highest BCUT2D eigenvalue weighted by Gasteiger charge is 2.09. The number of carboxylic acid groups (broad SMARTS) is 2. The maximum atomic E-state index is 10.3. The van der Waals surface area contributed by atoms with Gasteiger partial charge in [-0.1, -0.05) is 0 Å². The van der Waals surface area contributed by atoms with Crippen molar-refractivity contribution in [2.24, 2.45) is 16.5 Å². The highest BCUT2D eigenvalue weighted by molar-refractivity contribution is 5.77. The number of hydrogen-bond acceptors (Lipinski definition) is 4. The molecule has 0 radical (unpaired) electrons. The van der Waals surface area contributed by atoms with Crippen LogP contribution in [-0.2, 0) is 9.59 Å². The minimum atomic E-state index is -0.975. The Morgan fingerprint density at radius 1 is 1.41 bits per heavy atom. The second-order valence-corrected chi connectivity index (χ2v) is 3.14. The molecule has 0 bridgehead atoms. The molecule has 100 valence electrons. The van der Waals surface area contributed by atoms with Crippen LogP contribution in [0.2, 0.25) is 0 Å². The van der Waals surface area contributed by atoms with Crippen LogP contribution >= 0.6 is 0 Å². The summed E-state index contributed by atoms with van der Waals surface area (Å²) in [6, 6.07) is -0.790. The summed E-state index contributed by atoms with van der Waals surface area (Å²) in [5.41, 5.74) is 10.6. The molecule has 0 aromatic carbocycles. The fraction of sp³-hybridized carbons (Fsp3) is 0.667. The van der Waals surface area contributed by atoms with Crippen LogP contribution in [-0.4, -0.2) is 47.7 Å². The zero-order valence-electron chi connectivity index (χ0n) is 10.0. The Balaban J connectivity index is 0. The maximum absolute atomic E-state index is 10.3. The minimum absolute atomic E-state index is 0.351. The minimum Gasteiger partial charge on any atom is -0.481 e. The largest absolute Gasteiger partial charge is 0.481 e. The molecular weight excluding hydrogens is 228 g/mol. The van der Waals surface area contributed by atoms with Gasteiger partial charge in [-0.3, -0.25) is 14.6 Å². The normalized spacial score (nSPS) is 12.1. The molecule has 0 aliphatic carbocycles. The molecule has 8 heteroatoms. The lowest BCUT2D eigenvalue weighted by atomic mass is 10.2. The van der Waals surface area contributed by atoms with Crippen molar-refractivity contribution >= 4 is 17.9 Å². The van der Waals surface area contributed by atoms with Crippen molar-refractivity contribution in [3.8, 4) is 0 Å². The molecule has 1 atom stereocenters. The summed E-state index contributed by atoms with van der Waals surface area (Å²) in [5, 5.41) is 18.7. The van der Waals surface area contributed by atoms with E-state index in [4.69, 9.17) is 26.5 Å². The van der Waals surface area contributed by atoms with E-state index in [2.05, 4.69) is 10.3 Å². The number of aliphatic imine (C=N–C) groups is 1. The molecule has 0 saturated heterocycles. The average molecular weight is 248 g/mol. The van der Waals surface area contributed by atoms with E-state index in [0.717, 1.165) is 6.92 Å². The van der Waals surface area contributed by atoms with Crippen LogP contribution in [0.5, 0.6) is 0 Å². The van der Waals surface area contributed by atoms with Crippen LogP contribution in [0.25, 0.3) is 0 Å². The fourth-order valence-corrected chi connectivity index (χ4v) is 0.741. The number of carbonyl (C=O) groups is 2. The number of aliphatic carboxylic acids is 2. The lowest BCUT2D eigenvalue weighted by Crippen LogP contribution is -2.34. The van der Waals surface area contributed by atoms with Crippen molar-refractivity contribution in [2.45, 2.75) is 25.8 Å². The van der Waals surface area contributed by atoms with Gasteiger partial charge in [0.2, 0.25) is 0 Å². The van der Waals surface area contributed by atoms with E-state index in [1.54, 1.807) is 7.05 Å². The van der Waals surface area contributed by atoms with E-state index in [9.17, 15) is 4.79 Å². The molecule has 7 N–H and O–H groups in total. The predicted octanol–water partition coefficient (Wildman–Crippen LogP) is -1.20.